The number of anilines is 1. The van der Waals surface area contributed by atoms with Crippen LogP contribution in [0.5, 0.6) is 11.5 Å². The Labute approximate surface area is 127 Å². The molecule has 0 bridgehead atoms. The van der Waals surface area contributed by atoms with Gasteiger partial charge in [-0.25, -0.2) is 14.8 Å². The van der Waals surface area contributed by atoms with E-state index in [2.05, 4.69) is 15.3 Å². The lowest BCUT2D eigenvalue weighted by Gasteiger charge is -2.16. The summed E-state index contributed by atoms with van der Waals surface area (Å²) in [5.41, 5.74) is 0.881. The first-order chi connectivity index (χ1) is 10.5. The standard InChI is InChI=1S/C15H17N3O4/c1-9(10-4-5-12(21-2)13(6-10)22-3)18-14-8-16-11(7-17-14)15(19)20/h4-9H,1-3H3,(H,17,18)(H,19,20). The highest BCUT2D eigenvalue weighted by Crippen LogP contribution is 2.30. The molecule has 0 fully saturated rings. The maximum Gasteiger partial charge on any atom is 0.356 e. The number of ether oxygens (including phenoxy) is 2. The van der Waals surface area contributed by atoms with Crippen molar-refractivity contribution in [1.82, 2.24) is 9.97 Å². The van der Waals surface area contributed by atoms with Crippen molar-refractivity contribution < 1.29 is 19.4 Å². The van der Waals surface area contributed by atoms with Gasteiger partial charge in [0.2, 0.25) is 0 Å². The molecule has 0 aliphatic heterocycles. The lowest BCUT2D eigenvalue weighted by Crippen LogP contribution is -2.10. The van der Waals surface area contributed by atoms with Crippen LogP contribution in [0.1, 0.15) is 29.0 Å². The predicted octanol–water partition coefficient (Wildman–Crippen LogP) is 2.37. The van der Waals surface area contributed by atoms with E-state index >= 15 is 0 Å². The van der Waals surface area contributed by atoms with Crippen molar-refractivity contribution in [3.05, 3.63) is 41.9 Å². The molecule has 1 unspecified atom stereocenters. The van der Waals surface area contributed by atoms with Crippen molar-refractivity contribution in [1.29, 1.82) is 0 Å². The van der Waals surface area contributed by atoms with Gasteiger partial charge in [-0.1, -0.05) is 6.07 Å². The van der Waals surface area contributed by atoms with Crippen molar-refractivity contribution in [2.45, 2.75) is 13.0 Å². The summed E-state index contributed by atoms with van der Waals surface area (Å²) in [6.45, 7) is 1.95. The number of hydrogen-bond acceptors (Lipinski definition) is 6. The lowest BCUT2D eigenvalue weighted by molar-refractivity contribution is 0.0690. The Bertz CT molecular complexity index is 658. The average molecular weight is 303 g/mol. The van der Waals surface area contributed by atoms with Gasteiger partial charge in [-0.2, -0.15) is 0 Å². The summed E-state index contributed by atoms with van der Waals surface area (Å²) in [7, 11) is 3.16. The molecule has 1 atom stereocenters. The van der Waals surface area contributed by atoms with E-state index in [1.165, 1.54) is 12.4 Å². The maximum absolute atomic E-state index is 10.7. The molecule has 0 amide bonds. The van der Waals surface area contributed by atoms with Crippen LogP contribution in [0.2, 0.25) is 0 Å². The summed E-state index contributed by atoms with van der Waals surface area (Å²) in [5.74, 6) is 0.685. The van der Waals surface area contributed by atoms with E-state index in [0.29, 0.717) is 17.3 Å². The van der Waals surface area contributed by atoms with Crippen molar-refractivity contribution in [3.8, 4) is 11.5 Å². The smallest absolute Gasteiger partial charge is 0.356 e. The fourth-order valence-corrected chi connectivity index (χ4v) is 1.94. The fourth-order valence-electron chi connectivity index (χ4n) is 1.94. The Balaban J connectivity index is 2.14. The number of methoxy groups -OCH3 is 2. The number of nitrogens with one attached hydrogen (secondary N) is 1. The molecule has 1 aromatic carbocycles. The molecule has 2 N–H and O–H groups in total. The van der Waals surface area contributed by atoms with E-state index in [0.717, 1.165) is 5.56 Å². The highest BCUT2D eigenvalue weighted by atomic mass is 16.5. The monoisotopic (exact) mass is 303 g/mol. The van der Waals surface area contributed by atoms with Crippen LogP contribution in [0.4, 0.5) is 5.82 Å². The largest absolute Gasteiger partial charge is 0.493 e. The van der Waals surface area contributed by atoms with Crippen molar-refractivity contribution in [2.24, 2.45) is 0 Å². The van der Waals surface area contributed by atoms with Gasteiger partial charge in [-0.15, -0.1) is 0 Å². The van der Waals surface area contributed by atoms with Gasteiger partial charge in [-0.05, 0) is 24.6 Å². The van der Waals surface area contributed by atoms with Gasteiger partial charge in [0, 0.05) is 0 Å². The van der Waals surface area contributed by atoms with Crippen LogP contribution in [0, 0.1) is 0 Å². The molecule has 1 heterocycles. The quantitative estimate of drug-likeness (QED) is 0.846. The SMILES string of the molecule is COc1ccc(C(C)Nc2cnc(C(=O)O)cn2)cc1OC. The Kier molecular flexibility index (Phi) is 4.77. The van der Waals surface area contributed by atoms with Gasteiger partial charge in [0.25, 0.3) is 0 Å². The highest BCUT2D eigenvalue weighted by molar-refractivity contribution is 5.84. The second-order valence-corrected chi connectivity index (χ2v) is 4.57. The first kappa shape index (κ1) is 15.6. The Morgan fingerprint density at radius 3 is 2.45 bits per heavy atom. The van der Waals surface area contributed by atoms with Gasteiger partial charge >= 0.3 is 5.97 Å². The van der Waals surface area contributed by atoms with Gasteiger partial charge < -0.3 is 19.9 Å². The molecule has 7 nitrogen and oxygen atoms in total. The number of carboxylic acid groups (broad SMARTS) is 1. The molecule has 0 saturated carbocycles. The molecule has 0 aliphatic rings. The summed E-state index contributed by atoms with van der Waals surface area (Å²) >= 11 is 0. The minimum atomic E-state index is -1.10. The molecule has 7 heteroatoms. The number of aromatic nitrogens is 2. The van der Waals surface area contributed by atoms with Crippen LogP contribution in [0.25, 0.3) is 0 Å². The Morgan fingerprint density at radius 2 is 1.91 bits per heavy atom. The van der Waals surface area contributed by atoms with Crippen LogP contribution in [-0.2, 0) is 0 Å². The van der Waals surface area contributed by atoms with Gasteiger partial charge in [-0.3, -0.25) is 0 Å². The highest BCUT2D eigenvalue weighted by Gasteiger charge is 2.11. The van der Waals surface area contributed by atoms with E-state index in [4.69, 9.17) is 14.6 Å². The number of hydrogen-bond donors (Lipinski definition) is 2. The van der Waals surface area contributed by atoms with E-state index in [9.17, 15) is 4.79 Å². The normalized spacial score (nSPS) is 11.6. The number of rotatable bonds is 6. The van der Waals surface area contributed by atoms with Gasteiger partial charge in [0.1, 0.15) is 5.82 Å². The van der Waals surface area contributed by atoms with Crippen molar-refractivity contribution in [3.63, 3.8) is 0 Å². The molecule has 1 aromatic heterocycles. The number of carbonyl (C=O) groups is 1. The third-order valence-corrected chi connectivity index (χ3v) is 3.14. The van der Waals surface area contributed by atoms with Crippen LogP contribution < -0.4 is 14.8 Å². The van der Waals surface area contributed by atoms with E-state index in [1.54, 1.807) is 14.2 Å². The predicted molar refractivity (Wildman–Crippen MR) is 80.6 cm³/mol. The molecule has 22 heavy (non-hydrogen) atoms. The number of carboxylic acids is 1. The Hall–Kier alpha value is -2.83. The zero-order valence-electron chi connectivity index (χ0n) is 12.5. The number of benzene rings is 1. The van der Waals surface area contributed by atoms with Crippen molar-refractivity contribution >= 4 is 11.8 Å². The maximum atomic E-state index is 10.7. The first-order valence-corrected chi connectivity index (χ1v) is 6.59. The number of nitrogens with zero attached hydrogens (tertiary/aromatic N) is 2. The van der Waals surface area contributed by atoms with E-state index in [1.807, 2.05) is 25.1 Å². The van der Waals surface area contributed by atoms with Crippen LogP contribution in [0.3, 0.4) is 0 Å². The molecule has 0 radical (unpaired) electrons. The average Bonchev–Trinajstić information content (AvgIpc) is 2.54. The topological polar surface area (TPSA) is 93.6 Å². The molecular weight excluding hydrogens is 286 g/mol. The fraction of sp³-hybridized carbons (Fsp3) is 0.267. The molecular formula is C15H17N3O4. The third kappa shape index (κ3) is 3.43. The minimum absolute atomic E-state index is 0.0650. The van der Waals surface area contributed by atoms with E-state index < -0.39 is 5.97 Å². The van der Waals surface area contributed by atoms with Crippen molar-refractivity contribution in [2.75, 3.05) is 19.5 Å². The molecule has 2 rings (SSSR count). The first-order valence-electron chi connectivity index (χ1n) is 6.59. The number of aromatic carboxylic acids is 1. The van der Waals surface area contributed by atoms with Crippen LogP contribution in [-0.4, -0.2) is 35.3 Å². The minimum Gasteiger partial charge on any atom is -0.493 e. The molecule has 2 aromatic rings. The molecule has 0 saturated heterocycles. The van der Waals surface area contributed by atoms with Crippen LogP contribution >= 0.6 is 0 Å². The molecule has 116 valence electrons. The summed E-state index contributed by atoms with van der Waals surface area (Å²) < 4.78 is 10.5. The summed E-state index contributed by atoms with van der Waals surface area (Å²) in [6, 6.07) is 5.55. The van der Waals surface area contributed by atoms with Gasteiger partial charge in [0.05, 0.1) is 32.7 Å². The zero-order valence-corrected chi connectivity index (χ0v) is 12.5. The summed E-state index contributed by atoms with van der Waals surface area (Å²) in [4.78, 5) is 18.6. The van der Waals surface area contributed by atoms with E-state index in [-0.39, 0.29) is 11.7 Å². The second kappa shape index (κ2) is 6.75. The summed E-state index contributed by atoms with van der Waals surface area (Å²) in [6.07, 6.45) is 2.60. The molecule has 0 spiro atoms. The van der Waals surface area contributed by atoms with Crippen LogP contribution in [0.15, 0.2) is 30.6 Å². The molecule has 0 aliphatic carbocycles. The third-order valence-electron chi connectivity index (χ3n) is 3.14. The Morgan fingerprint density at radius 1 is 1.18 bits per heavy atom. The zero-order chi connectivity index (χ0) is 16.1. The lowest BCUT2D eigenvalue weighted by atomic mass is 10.1. The van der Waals surface area contributed by atoms with Gasteiger partial charge in [0.15, 0.2) is 17.2 Å². The summed E-state index contributed by atoms with van der Waals surface area (Å²) in [5, 5.41) is 11.9. The second-order valence-electron chi connectivity index (χ2n) is 4.57.